The lowest BCUT2D eigenvalue weighted by Crippen LogP contribution is -2.49. The molecule has 208 valence electrons. The van der Waals surface area contributed by atoms with Crippen LogP contribution in [0.4, 0.5) is 10.1 Å². The molecule has 0 atom stereocenters. The van der Waals surface area contributed by atoms with Crippen LogP contribution < -0.4 is 10.6 Å². The number of carbonyl (C=O) groups is 2. The molecule has 1 aliphatic heterocycles. The van der Waals surface area contributed by atoms with Crippen LogP contribution >= 0.6 is 0 Å². The highest BCUT2D eigenvalue weighted by molar-refractivity contribution is 5.87. The maximum atomic E-state index is 13.7. The molecule has 2 aromatic carbocycles. The zero-order valence-electron chi connectivity index (χ0n) is 23.2. The number of hydrazine groups is 1. The Kier molecular flexibility index (Phi) is 8.93. The Hall–Kier alpha value is -3.83. The summed E-state index contributed by atoms with van der Waals surface area (Å²) in [6.45, 7) is 9.75. The first-order valence-electron chi connectivity index (χ1n) is 13.1. The Labute approximate surface area is 228 Å². The van der Waals surface area contributed by atoms with E-state index >= 15 is 0 Å². The van der Waals surface area contributed by atoms with E-state index in [0.717, 1.165) is 33.8 Å². The minimum atomic E-state index is -0.289. The van der Waals surface area contributed by atoms with Crippen LogP contribution in [0.5, 0.6) is 0 Å². The van der Waals surface area contributed by atoms with Gasteiger partial charge in [-0.1, -0.05) is 32.0 Å². The smallest absolute Gasteiger partial charge is 0.256 e. The van der Waals surface area contributed by atoms with Crippen molar-refractivity contribution in [1.29, 1.82) is 0 Å². The molecule has 0 fully saturated rings. The van der Waals surface area contributed by atoms with Gasteiger partial charge in [-0.2, -0.15) is 5.10 Å². The molecule has 1 aromatic heterocycles. The molecule has 39 heavy (non-hydrogen) atoms. The molecule has 2 amide bonds. The molecule has 3 N–H and O–H groups in total. The van der Waals surface area contributed by atoms with Gasteiger partial charge >= 0.3 is 0 Å². The number of H-pyrrole nitrogens is 1. The third-order valence-electron chi connectivity index (χ3n) is 6.80. The lowest BCUT2D eigenvalue weighted by molar-refractivity contribution is -0.151. The molecule has 0 saturated carbocycles. The van der Waals surface area contributed by atoms with E-state index in [1.54, 1.807) is 18.0 Å². The SMILES string of the molecule is Cc1nc(-c2ccc(C)c(NCC(=O)N(CCNC(C)C)CC(=O)N(C)N3Cc4ccc(F)cc4C3)c2)n[nH]1. The maximum Gasteiger partial charge on any atom is 0.256 e. The van der Waals surface area contributed by atoms with Crippen LogP contribution in [0.2, 0.25) is 0 Å². The van der Waals surface area contributed by atoms with Crippen molar-refractivity contribution in [3.8, 4) is 11.4 Å². The number of halogens is 1. The summed E-state index contributed by atoms with van der Waals surface area (Å²) in [6, 6.07) is 10.8. The van der Waals surface area contributed by atoms with Crippen LogP contribution in [0.3, 0.4) is 0 Å². The topological polar surface area (TPSA) is 109 Å². The number of carbonyl (C=O) groups excluding carboxylic acids is 2. The van der Waals surface area contributed by atoms with E-state index in [0.29, 0.717) is 32.0 Å². The molecule has 1 aliphatic rings. The average molecular weight is 537 g/mol. The van der Waals surface area contributed by atoms with E-state index in [-0.39, 0.29) is 36.8 Å². The highest BCUT2D eigenvalue weighted by Gasteiger charge is 2.27. The van der Waals surface area contributed by atoms with Crippen LogP contribution in [0.15, 0.2) is 36.4 Å². The molecule has 0 saturated heterocycles. The summed E-state index contributed by atoms with van der Waals surface area (Å²) in [6.07, 6.45) is 0. The Morgan fingerprint density at radius 2 is 1.87 bits per heavy atom. The summed E-state index contributed by atoms with van der Waals surface area (Å²) in [4.78, 5) is 32.5. The maximum absolute atomic E-state index is 13.7. The van der Waals surface area contributed by atoms with Crippen LogP contribution in [-0.4, -0.2) is 81.2 Å². The Morgan fingerprint density at radius 1 is 1.10 bits per heavy atom. The van der Waals surface area contributed by atoms with Crippen LogP contribution in [-0.2, 0) is 22.7 Å². The zero-order valence-corrected chi connectivity index (χ0v) is 23.2. The fourth-order valence-corrected chi connectivity index (χ4v) is 4.47. The van der Waals surface area contributed by atoms with E-state index in [2.05, 4.69) is 25.8 Å². The van der Waals surface area contributed by atoms with Gasteiger partial charge < -0.3 is 15.5 Å². The van der Waals surface area contributed by atoms with Crippen molar-refractivity contribution in [3.05, 3.63) is 64.7 Å². The third kappa shape index (κ3) is 7.18. The molecule has 0 radical (unpaired) electrons. The van der Waals surface area contributed by atoms with Gasteiger partial charge in [0.2, 0.25) is 5.91 Å². The highest BCUT2D eigenvalue weighted by Crippen LogP contribution is 2.25. The van der Waals surface area contributed by atoms with Crippen molar-refractivity contribution in [2.75, 3.05) is 38.5 Å². The standard InChI is InChI=1S/C28H37FN8O2/c1-18(2)30-10-11-36(17-27(39)35(5)37-15-22-8-9-24(29)12-23(22)16-37)26(38)14-31-25-13-21(7-6-19(25)3)28-32-20(4)33-34-28/h6-9,12-13,18,30-31H,10-11,14-17H2,1-5H3,(H,32,33,34). The first kappa shape index (κ1) is 28.2. The van der Waals surface area contributed by atoms with Gasteiger partial charge in [0.1, 0.15) is 18.2 Å². The Bertz CT molecular complexity index is 1320. The van der Waals surface area contributed by atoms with Crippen LogP contribution in [0.1, 0.15) is 36.4 Å². The molecule has 0 bridgehead atoms. The number of aryl methyl sites for hydroxylation is 2. The second-order valence-corrected chi connectivity index (χ2v) is 10.2. The molecule has 0 aliphatic carbocycles. The number of nitrogens with zero attached hydrogens (tertiary/aromatic N) is 5. The number of hydrogen-bond acceptors (Lipinski definition) is 7. The molecule has 0 spiro atoms. The largest absolute Gasteiger partial charge is 0.376 e. The number of anilines is 1. The normalized spacial score (nSPS) is 13.0. The number of benzene rings is 2. The minimum Gasteiger partial charge on any atom is -0.376 e. The number of amides is 2. The number of fused-ring (bicyclic) bond motifs is 1. The van der Waals surface area contributed by atoms with E-state index in [1.165, 1.54) is 17.1 Å². The molecule has 0 unspecified atom stereocenters. The van der Waals surface area contributed by atoms with Gasteiger partial charge in [-0.25, -0.2) is 14.4 Å². The van der Waals surface area contributed by atoms with Crippen molar-refractivity contribution in [1.82, 2.24) is 35.4 Å². The fourth-order valence-electron chi connectivity index (χ4n) is 4.47. The number of aromatic amines is 1. The van der Waals surface area contributed by atoms with Crippen LogP contribution in [0, 0.1) is 19.7 Å². The second kappa shape index (κ2) is 12.4. The number of aromatic nitrogens is 3. The highest BCUT2D eigenvalue weighted by atomic mass is 19.1. The van der Waals surface area contributed by atoms with Crippen molar-refractivity contribution < 1.29 is 14.0 Å². The van der Waals surface area contributed by atoms with Crippen molar-refractivity contribution in [3.63, 3.8) is 0 Å². The first-order chi connectivity index (χ1) is 18.6. The molecular formula is C28H37FN8O2. The molecule has 4 rings (SSSR count). The minimum absolute atomic E-state index is 0.0322. The van der Waals surface area contributed by atoms with Gasteiger partial charge in [-0.15, -0.1) is 0 Å². The molecule has 3 aromatic rings. The Balaban J connectivity index is 1.40. The monoisotopic (exact) mass is 536 g/mol. The van der Waals surface area contributed by atoms with E-state index in [1.807, 2.05) is 50.9 Å². The van der Waals surface area contributed by atoms with E-state index in [9.17, 15) is 14.0 Å². The average Bonchev–Trinajstić information content (AvgIpc) is 3.52. The lowest BCUT2D eigenvalue weighted by atomic mass is 10.1. The first-order valence-corrected chi connectivity index (χ1v) is 13.1. The summed E-state index contributed by atoms with van der Waals surface area (Å²) in [5.41, 5.74) is 4.47. The Morgan fingerprint density at radius 3 is 2.59 bits per heavy atom. The van der Waals surface area contributed by atoms with Gasteiger partial charge in [-0.3, -0.25) is 19.7 Å². The quantitative estimate of drug-likeness (QED) is 0.346. The van der Waals surface area contributed by atoms with Gasteiger partial charge in [0, 0.05) is 50.5 Å². The molecule has 11 heteroatoms. The van der Waals surface area contributed by atoms with E-state index in [4.69, 9.17) is 0 Å². The van der Waals surface area contributed by atoms with Crippen molar-refractivity contribution in [2.45, 2.75) is 46.8 Å². The number of nitrogens with one attached hydrogen (secondary N) is 3. The predicted molar refractivity (Wildman–Crippen MR) is 148 cm³/mol. The second-order valence-electron chi connectivity index (χ2n) is 10.2. The van der Waals surface area contributed by atoms with Gasteiger partial charge in [0.05, 0.1) is 6.54 Å². The fraction of sp³-hybridized carbons (Fsp3) is 0.429. The van der Waals surface area contributed by atoms with E-state index < -0.39 is 0 Å². The number of likely N-dealkylation sites (N-methyl/N-ethyl adjacent to an activating group) is 1. The number of hydrogen-bond donors (Lipinski definition) is 3. The van der Waals surface area contributed by atoms with Crippen molar-refractivity contribution in [2.24, 2.45) is 0 Å². The van der Waals surface area contributed by atoms with Crippen molar-refractivity contribution >= 4 is 17.5 Å². The summed E-state index contributed by atoms with van der Waals surface area (Å²) in [5.74, 6) is 0.624. The summed E-state index contributed by atoms with van der Waals surface area (Å²) >= 11 is 0. The van der Waals surface area contributed by atoms with Gasteiger partial charge in [-0.05, 0) is 48.7 Å². The summed E-state index contributed by atoms with van der Waals surface area (Å²) < 4.78 is 13.7. The zero-order chi connectivity index (χ0) is 28.1. The molecule has 10 nitrogen and oxygen atoms in total. The third-order valence-corrected chi connectivity index (χ3v) is 6.80. The summed E-state index contributed by atoms with van der Waals surface area (Å²) in [5, 5.41) is 17.0. The predicted octanol–water partition coefficient (Wildman–Crippen LogP) is 2.86. The lowest BCUT2D eigenvalue weighted by Gasteiger charge is -2.31. The van der Waals surface area contributed by atoms with Gasteiger partial charge in [0.25, 0.3) is 5.91 Å². The number of rotatable bonds is 11. The van der Waals surface area contributed by atoms with Crippen LogP contribution in [0.25, 0.3) is 11.4 Å². The van der Waals surface area contributed by atoms with Gasteiger partial charge in [0.15, 0.2) is 5.82 Å². The summed E-state index contributed by atoms with van der Waals surface area (Å²) in [7, 11) is 1.69. The molecular weight excluding hydrogens is 499 g/mol. The molecule has 2 heterocycles.